The molecular weight excluding hydrogens is 367 g/mol. The van der Waals surface area contributed by atoms with Crippen LogP contribution in [0.2, 0.25) is 0 Å². The van der Waals surface area contributed by atoms with Crippen LogP contribution in [0.1, 0.15) is 44.3 Å². The molecular formula is C20H17FN2O5. The summed E-state index contributed by atoms with van der Waals surface area (Å²) in [6, 6.07) is 7.38. The van der Waals surface area contributed by atoms with E-state index in [4.69, 9.17) is 9.15 Å². The Morgan fingerprint density at radius 1 is 1.18 bits per heavy atom. The normalized spacial score (nSPS) is 12.6. The monoisotopic (exact) mass is 384 g/mol. The molecule has 0 aliphatic heterocycles. The second-order valence-corrected chi connectivity index (χ2v) is 6.34. The first-order valence-corrected chi connectivity index (χ1v) is 8.77. The average molecular weight is 384 g/mol. The van der Waals surface area contributed by atoms with Crippen molar-refractivity contribution in [2.75, 3.05) is 7.11 Å². The number of nitrogens with zero attached hydrogens (tertiary/aromatic N) is 2. The summed E-state index contributed by atoms with van der Waals surface area (Å²) in [5, 5.41) is 4.40. The molecule has 0 spiro atoms. The molecule has 7 nitrogen and oxygen atoms in total. The first kappa shape index (κ1) is 18.0. The lowest BCUT2D eigenvalue weighted by Gasteiger charge is -2.05. The van der Waals surface area contributed by atoms with E-state index in [9.17, 15) is 14.0 Å². The predicted molar refractivity (Wildman–Crippen MR) is 94.7 cm³/mol. The molecule has 0 saturated heterocycles. The van der Waals surface area contributed by atoms with Crippen LogP contribution in [0.4, 0.5) is 4.39 Å². The number of fused-ring (bicyclic) bond motifs is 1. The molecule has 0 N–H and O–H groups in total. The van der Waals surface area contributed by atoms with Crippen molar-refractivity contribution in [3.8, 4) is 5.69 Å². The zero-order valence-corrected chi connectivity index (χ0v) is 15.1. The van der Waals surface area contributed by atoms with Gasteiger partial charge in [0.25, 0.3) is 0 Å². The Labute approximate surface area is 159 Å². The third-order valence-corrected chi connectivity index (χ3v) is 4.68. The molecule has 1 aliphatic carbocycles. The molecule has 0 atom stereocenters. The van der Waals surface area contributed by atoms with Gasteiger partial charge in [-0.2, -0.15) is 5.10 Å². The fourth-order valence-corrected chi connectivity index (χ4v) is 3.34. The molecule has 3 aromatic rings. The Morgan fingerprint density at radius 2 is 1.96 bits per heavy atom. The second-order valence-electron chi connectivity index (χ2n) is 6.34. The first-order valence-electron chi connectivity index (χ1n) is 8.77. The summed E-state index contributed by atoms with van der Waals surface area (Å²) in [6.45, 7) is -0.214. The third-order valence-electron chi connectivity index (χ3n) is 4.68. The van der Waals surface area contributed by atoms with Crippen molar-refractivity contribution in [3.05, 3.63) is 70.7 Å². The molecule has 0 fully saturated rings. The zero-order chi connectivity index (χ0) is 19.7. The van der Waals surface area contributed by atoms with Crippen molar-refractivity contribution in [2.45, 2.75) is 25.9 Å². The highest BCUT2D eigenvalue weighted by Crippen LogP contribution is 2.28. The summed E-state index contributed by atoms with van der Waals surface area (Å²) in [7, 11) is 1.26. The lowest BCUT2D eigenvalue weighted by molar-refractivity contribution is 0.0424. The number of carbonyl (C=O) groups excluding carboxylic acids is 2. The Morgan fingerprint density at radius 3 is 2.71 bits per heavy atom. The van der Waals surface area contributed by atoms with Gasteiger partial charge >= 0.3 is 11.9 Å². The largest absolute Gasteiger partial charge is 0.465 e. The number of hydrogen-bond acceptors (Lipinski definition) is 6. The van der Waals surface area contributed by atoms with Crippen LogP contribution in [0.3, 0.4) is 0 Å². The van der Waals surface area contributed by atoms with E-state index in [1.165, 1.54) is 31.6 Å². The van der Waals surface area contributed by atoms with Crippen LogP contribution in [0, 0.1) is 5.82 Å². The van der Waals surface area contributed by atoms with Crippen LogP contribution in [-0.2, 0) is 28.9 Å². The number of esters is 2. The van der Waals surface area contributed by atoms with Gasteiger partial charge in [0.05, 0.1) is 19.1 Å². The molecule has 0 amide bonds. The summed E-state index contributed by atoms with van der Waals surface area (Å²) >= 11 is 0. The van der Waals surface area contributed by atoms with E-state index in [1.54, 1.807) is 16.8 Å². The van der Waals surface area contributed by atoms with Gasteiger partial charge in [-0.3, -0.25) is 0 Å². The fraction of sp³-hybridized carbons (Fsp3) is 0.250. The van der Waals surface area contributed by atoms with Crippen molar-refractivity contribution >= 4 is 11.9 Å². The highest BCUT2D eigenvalue weighted by molar-refractivity contribution is 5.91. The highest BCUT2D eigenvalue weighted by Gasteiger charge is 2.28. The molecule has 0 saturated carbocycles. The number of methoxy groups -OCH3 is 1. The highest BCUT2D eigenvalue weighted by atomic mass is 19.1. The van der Waals surface area contributed by atoms with Crippen LogP contribution >= 0.6 is 0 Å². The molecule has 0 radical (unpaired) electrons. The van der Waals surface area contributed by atoms with Gasteiger partial charge < -0.3 is 13.9 Å². The van der Waals surface area contributed by atoms with Crippen molar-refractivity contribution < 1.29 is 27.9 Å². The third kappa shape index (κ3) is 3.17. The summed E-state index contributed by atoms with van der Waals surface area (Å²) in [4.78, 5) is 24.3. The summed E-state index contributed by atoms with van der Waals surface area (Å²) in [5.74, 6) is -1.31. The van der Waals surface area contributed by atoms with Gasteiger partial charge in [-0.15, -0.1) is 0 Å². The summed E-state index contributed by atoms with van der Waals surface area (Å²) in [5.41, 5.74) is 2.87. The van der Waals surface area contributed by atoms with Crippen molar-refractivity contribution in [1.29, 1.82) is 0 Å². The maximum absolute atomic E-state index is 13.2. The maximum atomic E-state index is 13.2. The smallest absolute Gasteiger partial charge is 0.359 e. The Hall–Kier alpha value is -3.42. The van der Waals surface area contributed by atoms with Crippen LogP contribution in [0.5, 0.6) is 0 Å². The van der Waals surface area contributed by atoms with Crippen molar-refractivity contribution in [2.24, 2.45) is 0 Å². The van der Waals surface area contributed by atoms with Gasteiger partial charge in [-0.1, -0.05) is 0 Å². The van der Waals surface area contributed by atoms with E-state index in [-0.39, 0.29) is 29.4 Å². The van der Waals surface area contributed by atoms with E-state index in [2.05, 4.69) is 9.84 Å². The Bertz CT molecular complexity index is 1040. The van der Waals surface area contributed by atoms with E-state index in [0.717, 1.165) is 30.5 Å². The molecule has 1 aromatic carbocycles. The quantitative estimate of drug-likeness (QED) is 0.628. The van der Waals surface area contributed by atoms with Gasteiger partial charge in [0, 0.05) is 11.3 Å². The predicted octanol–water partition coefficient (Wildman–Crippen LogP) is 3.24. The molecule has 0 unspecified atom stereocenters. The van der Waals surface area contributed by atoms with E-state index in [1.807, 2.05) is 0 Å². The van der Waals surface area contributed by atoms with Crippen LogP contribution in [0.25, 0.3) is 5.69 Å². The topological polar surface area (TPSA) is 83.6 Å². The molecule has 4 rings (SSSR count). The molecule has 2 heterocycles. The van der Waals surface area contributed by atoms with Crippen molar-refractivity contribution in [1.82, 2.24) is 9.78 Å². The molecule has 8 heteroatoms. The zero-order valence-electron chi connectivity index (χ0n) is 15.1. The van der Waals surface area contributed by atoms with Gasteiger partial charge in [-0.05, 0) is 49.6 Å². The SMILES string of the molecule is COC(=O)c1ccoc1COC(=O)c1nn(-c2ccc(F)cc2)c2c1CCC2. The van der Waals surface area contributed by atoms with E-state index < -0.39 is 11.9 Å². The fourth-order valence-electron chi connectivity index (χ4n) is 3.34. The number of benzene rings is 1. The number of furan rings is 1. The Kier molecular flexibility index (Phi) is 4.68. The second kappa shape index (κ2) is 7.30. The van der Waals surface area contributed by atoms with E-state index in [0.29, 0.717) is 5.69 Å². The van der Waals surface area contributed by atoms with Crippen LogP contribution in [-0.4, -0.2) is 28.8 Å². The van der Waals surface area contributed by atoms with Crippen LogP contribution in [0.15, 0.2) is 41.0 Å². The lowest BCUT2D eigenvalue weighted by atomic mass is 10.2. The minimum Gasteiger partial charge on any atom is -0.465 e. The van der Waals surface area contributed by atoms with Gasteiger partial charge in [0.2, 0.25) is 0 Å². The first-order chi connectivity index (χ1) is 13.6. The summed E-state index contributed by atoms with van der Waals surface area (Å²) < 4.78 is 30.1. The lowest BCUT2D eigenvalue weighted by Crippen LogP contribution is -2.11. The van der Waals surface area contributed by atoms with Gasteiger partial charge in [0.1, 0.15) is 11.4 Å². The number of halogens is 1. The molecule has 28 heavy (non-hydrogen) atoms. The summed E-state index contributed by atoms with van der Waals surface area (Å²) in [6.07, 6.45) is 3.72. The van der Waals surface area contributed by atoms with E-state index >= 15 is 0 Å². The minimum absolute atomic E-state index is 0.204. The number of rotatable bonds is 5. The van der Waals surface area contributed by atoms with Crippen molar-refractivity contribution in [3.63, 3.8) is 0 Å². The number of aromatic nitrogens is 2. The number of carbonyl (C=O) groups is 2. The van der Waals surface area contributed by atoms with Crippen LogP contribution < -0.4 is 0 Å². The maximum Gasteiger partial charge on any atom is 0.359 e. The minimum atomic E-state index is -0.605. The van der Waals surface area contributed by atoms with Gasteiger partial charge in [0.15, 0.2) is 18.1 Å². The number of hydrogen-bond donors (Lipinski definition) is 0. The molecule has 2 aromatic heterocycles. The molecule has 1 aliphatic rings. The molecule has 0 bridgehead atoms. The molecule has 144 valence electrons. The Balaban J connectivity index is 1.57. The van der Waals surface area contributed by atoms with Gasteiger partial charge in [-0.25, -0.2) is 18.7 Å². The average Bonchev–Trinajstić information content (AvgIpc) is 3.42. The standard InChI is InChI=1S/C20H17FN2O5/c1-26-19(24)15-9-10-27-17(15)11-28-20(25)18-14-3-2-4-16(14)23(22-18)13-7-5-12(21)6-8-13/h5-10H,2-4,11H2,1H3. The number of ether oxygens (including phenoxy) is 2.